The van der Waals surface area contributed by atoms with Gasteiger partial charge in [-0.2, -0.15) is 0 Å². The molecule has 2 aliphatic rings. The van der Waals surface area contributed by atoms with Gasteiger partial charge in [0.15, 0.2) is 5.54 Å². The summed E-state index contributed by atoms with van der Waals surface area (Å²) >= 11 is 3.39. The lowest BCUT2D eigenvalue weighted by atomic mass is 9.76. The Kier molecular flexibility index (Phi) is 6.03. The van der Waals surface area contributed by atoms with Crippen molar-refractivity contribution in [2.45, 2.75) is 44.4 Å². The van der Waals surface area contributed by atoms with Gasteiger partial charge in [0, 0.05) is 22.6 Å². The van der Waals surface area contributed by atoms with Crippen LogP contribution in [0.15, 0.2) is 22.7 Å². The number of aliphatic hydroxyl groups excluding tert-OH is 1. The molecule has 0 saturated carbocycles. The first-order chi connectivity index (χ1) is 13.7. The molecule has 29 heavy (non-hydrogen) atoms. The smallest absolute Gasteiger partial charge is 0.327 e. The molecule has 0 aliphatic carbocycles. The third-order valence-corrected chi connectivity index (χ3v) is 6.45. The largest absolute Gasteiger partial charge is 0.496 e. The van der Waals surface area contributed by atoms with Gasteiger partial charge in [0.25, 0.3) is 0 Å². The van der Waals surface area contributed by atoms with Gasteiger partial charge in [0.1, 0.15) is 5.75 Å². The van der Waals surface area contributed by atoms with Gasteiger partial charge in [-0.25, -0.2) is 0 Å². The van der Waals surface area contributed by atoms with Crippen LogP contribution < -0.4 is 10.1 Å². The lowest BCUT2D eigenvalue weighted by Gasteiger charge is -2.33. The third kappa shape index (κ3) is 3.25. The van der Waals surface area contributed by atoms with Crippen LogP contribution in [0.5, 0.6) is 5.75 Å². The van der Waals surface area contributed by atoms with E-state index in [-0.39, 0.29) is 6.54 Å². The molecule has 5 atom stereocenters. The minimum absolute atomic E-state index is 0.235. The fraction of sp³-hybridized carbons (Fsp3) is 0.550. The van der Waals surface area contributed by atoms with Gasteiger partial charge in [-0.3, -0.25) is 24.6 Å². The first kappa shape index (κ1) is 21.7. The van der Waals surface area contributed by atoms with Crippen LogP contribution in [-0.2, 0) is 14.4 Å². The molecule has 0 radical (unpaired) electrons. The van der Waals surface area contributed by atoms with Crippen molar-refractivity contribution in [2.75, 3.05) is 13.7 Å². The molecular formula is C20H25BrN2O6. The van der Waals surface area contributed by atoms with E-state index in [1.54, 1.807) is 18.2 Å². The SMILES string of the molecule is CCCCN1C(=O)C2C(c3cc(Br)ccc3OC)NC(C(=O)O)(C(C)O)C2C1=O. The number of aliphatic hydroxyl groups is 1. The maximum Gasteiger partial charge on any atom is 0.327 e. The van der Waals surface area contributed by atoms with E-state index in [0.29, 0.717) is 17.7 Å². The van der Waals surface area contributed by atoms with Crippen molar-refractivity contribution >= 4 is 33.7 Å². The fourth-order valence-corrected chi connectivity index (χ4v) is 4.89. The standard InChI is InChI=1S/C20H25BrN2O6/c1-4-5-8-23-17(25)14-15(18(23)26)20(10(2)24,19(27)28)22-16(14)12-9-11(21)6-7-13(12)29-3/h6-7,9-10,14-16,22,24H,4-5,8H2,1-3H3,(H,27,28). The Bertz CT molecular complexity index is 844. The summed E-state index contributed by atoms with van der Waals surface area (Å²) in [5.41, 5.74) is -1.42. The monoisotopic (exact) mass is 468 g/mol. The number of nitrogens with zero attached hydrogens (tertiary/aromatic N) is 1. The number of hydrogen-bond acceptors (Lipinski definition) is 6. The number of likely N-dealkylation sites (tertiary alicyclic amines) is 1. The molecule has 2 aliphatic heterocycles. The second kappa shape index (κ2) is 8.04. The number of carboxylic acid groups (broad SMARTS) is 1. The summed E-state index contributed by atoms with van der Waals surface area (Å²) in [6.45, 7) is 3.50. The number of amides is 2. The Hall–Kier alpha value is -1.97. The van der Waals surface area contributed by atoms with Crippen molar-refractivity contribution in [2.24, 2.45) is 11.8 Å². The van der Waals surface area contributed by atoms with Crippen molar-refractivity contribution in [3.8, 4) is 5.75 Å². The van der Waals surface area contributed by atoms with Crippen LogP contribution in [0.25, 0.3) is 0 Å². The number of rotatable bonds is 7. The first-order valence-corrected chi connectivity index (χ1v) is 10.4. The van der Waals surface area contributed by atoms with Crippen molar-refractivity contribution in [1.82, 2.24) is 10.2 Å². The highest BCUT2D eigenvalue weighted by molar-refractivity contribution is 9.10. The maximum atomic E-state index is 13.2. The number of ether oxygens (including phenoxy) is 1. The number of carbonyl (C=O) groups excluding carboxylic acids is 2. The Labute approximate surface area is 177 Å². The van der Waals surface area contributed by atoms with Crippen molar-refractivity contribution < 1.29 is 29.3 Å². The van der Waals surface area contributed by atoms with Gasteiger partial charge in [-0.15, -0.1) is 0 Å². The molecule has 1 aromatic carbocycles. The topological polar surface area (TPSA) is 116 Å². The minimum atomic E-state index is -1.98. The second-order valence-electron chi connectivity index (χ2n) is 7.54. The molecule has 3 N–H and O–H groups in total. The number of carbonyl (C=O) groups is 3. The van der Waals surface area contributed by atoms with Gasteiger partial charge in [0.2, 0.25) is 11.8 Å². The molecule has 9 heteroatoms. The molecule has 2 amide bonds. The molecule has 3 rings (SSSR count). The zero-order valence-electron chi connectivity index (χ0n) is 16.5. The van der Waals surface area contributed by atoms with Gasteiger partial charge in [-0.05, 0) is 31.5 Å². The summed E-state index contributed by atoms with van der Waals surface area (Å²) in [5, 5.41) is 23.5. The Morgan fingerprint density at radius 3 is 2.62 bits per heavy atom. The van der Waals surface area contributed by atoms with E-state index in [1.807, 2.05) is 6.92 Å². The summed E-state index contributed by atoms with van der Waals surface area (Å²) in [5.74, 6) is -4.04. The van der Waals surface area contributed by atoms with Gasteiger partial charge in [0.05, 0.1) is 25.0 Å². The quantitative estimate of drug-likeness (QED) is 0.521. The number of benzene rings is 1. The van der Waals surface area contributed by atoms with Crippen LogP contribution in [-0.4, -0.2) is 58.2 Å². The average Bonchev–Trinajstić information content (AvgIpc) is 3.15. The Morgan fingerprint density at radius 1 is 1.38 bits per heavy atom. The van der Waals surface area contributed by atoms with E-state index in [4.69, 9.17) is 4.74 Å². The van der Waals surface area contributed by atoms with Crippen molar-refractivity contribution in [1.29, 1.82) is 0 Å². The molecule has 2 saturated heterocycles. The lowest BCUT2D eigenvalue weighted by Crippen LogP contribution is -2.62. The predicted molar refractivity (Wildman–Crippen MR) is 107 cm³/mol. The van der Waals surface area contributed by atoms with E-state index in [1.165, 1.54) is 14.0 Å². The molecule has 158 valence electrons. The minimum Gasteiger partial charge on any atom is -0.496 e. The molecule has 0 bridgehead atoms. The number of aliphatic carboxylic acids is 1. The summed E-state index contributed by atoms with van der Waals surface area (Å²) in [4.78, 5) is 39.9. The number of unbranched alkanes of at least 4 members (excludes halogenated alkanes) is 1. The highest BCUT2D eigenvalue weighted by atomic mass is 79.9. The summed E-state index contributed by atoms with van der Waals surface area (Å²) in [6.07, 6.45) is 0.0105. The van der Waals surface area contributed by atoms with Crippen LogP contribution in [0.2, 0.25) is 0 Å². The molecular weight excluding hydrogens is 444 g/mol. The molecule has 5 unspecified atom stereocenters. The lowest BCUT2D eigenvalue weighted by molar-refractivity contribution is -0.156. The summed E-state index contributed by atoms with van der Waals surface area (Å²) in [6, 6.07) is 4.40. The second-order valence-corrected chi connectivity index (χ2v) is 8.46. The average molecular weight is 469 g/mol. The number of imide groups is 1. The summed E-state index contributed by atoms with van der Waals surface area (Å²) in [7, 11) is 1.48. The molecule has 2 fully saturated rings. The van der Waals surface area contributed by atoms with E-state index < -0.39 is 47.3 Å². The summed E-state index contributed by atoms with van der Waals surface area (Å²) < 4.78 is 6.14. The van der Waals surface area contributed by atoms with Gasteiger partial charge >= 0.3 is 5.97 Å². The molecule has 1 aromatic rings. The van der Waals surface area contributed by atoms with Crippen LogP contribution in [0.1, 0.15) is 38.3 Å². The van der Waals surface area contributed by atoms with Crippen molar-refractivity contribution in [3.05, 3.63) is 28.2 Å². The molecule has 0 aromatic heterocycles. The zero-order valence-corrected chi connectivity index (χ0v) is 18.1. The van der Waals surface area contributed by atoms with Crippen molar-refractivity contribution in [3.63, 3.8) is 0 Å². The zero-order chi connectivity index (χ0) is 21.5. The van der Waals surface area contributed by atoms with Gasteiger partial charge < -0.3 is 14.9 Å². The normalized spacial score (nSPS) is 29.8. The Morgan fingerprint density at radius 2 is 2.07 bits per heavy atom. The predicted octanol–water partition coefficient (Wildman–Crippen LogP) is 1.71. The van der Waals surface area contributed by atoms with Crippen LogP contribution in [0.3, 0.4) is 0 Å². The van der Waals surface area contributed by atoms with Gasteiger partial charge in [-0.1, -0.05) is 29.3 Å². The maximum absolute atomic E-state index is 13.2. The van der Waals surface area contributed by atoms with Crippen LogP contribution in [0.4, 0.5) is 0 Å². The third-order valence-electron chi connectivity index (χ3n) is 5.96. The van der Waals surface area contributed by atoms with E-state index in [2.05, 4.69) is 21.2 Å². The highest BCUT2D eigenvalue weighted by Crippen LogP contribution is 2.51. The number of halogens is 1. The van der Waals surface area contributed by atoms with Crippen LogP contribution >= 0.6 is 15.9 Å². The first-order valence-electron chi connectivity index (χ1n) is 9.58. The number of hydrogen-bond donors (Lipinski definition) is 3. The van der Waals surface area contributed by atoms with E-state index >= 15 is 0 Å². The molecule has 0 spiro atoms. The van der Waals surface area contributed by atoms with E-state index in [0.717, 1.165) is 15.8 Å². The number of methoxy groups -OCH3 is 1. The molecule has 8 nitrogen and oxygen atoms in total. The van der Waals surface area contributed by atoms with Crippen LogP contribution in [0, 0.1) is 11.8 Å². The number of nitrogens with one attached hydrogen (secondary N) is 1. The number of carboxylic acids is 1. The van der Waals surface area contributed by atoms with E-state index in [9.17, 15) is 24.6 Å². The number of fused-ring (bicyclic) bond motifs is 1. The molecule has 2 heterocycles. The Balaban J connectivity index is 2.18. The highest BCUT2D eigenvalue weighted by Gasteiger charge is 2.70. The fourth-order valence-electron chi connectivity index (χ4n) is 4.51.